The Balaban J connectivity index is 2.13. The Morgan fingerprint density at radius 1 is 1.40 bits per heavy atom. The molecule has 0 aliphatic rings. The summed E-state index contributed by atoms with van der Waals surface area (Å²) in [5.74, 6) is -1.13. The van der Waals surface area contributed by atoms with Gasteiger partial charge >= 0.3 is 5.97 Å². The topological polar surface area (TPSA) is 51.5 Å². The second kappa shape index (κ2) is 6.15. The fraction of sp³-hybridized carbons (Fsp3) is 0.154. The predicted octanol–water partition coefficient (Wildman–Crippen LogP) is 4.12. The smallest absolute Gasteiger partial charge is 0.374 e. The van der Waals surface area contributed by atoms with Crippen molar-refractivity contribution in [3.05, 3.63) is 51.6 Å². The number of hydrogen-bond acceptors (Lipinski definition) is 4. The van der Waals surface area contributed by atoms with Crippen molar-refractivity contribution in [3.63, 3.8) is 0 Å². The van der Waals surface area contributed by atoms with Crippen LogP contribution in [0.5, 0.6) is 0 Å². The number of rotatable bonds is 4. The summed E-state index contributed by atoms with van der Waals surface area (Å²) in [6.45, 7) is 0.277. The van der Waals surface area contributed by atoms with E-state index in [0.717, 1.165) is 0 Å². The average molecular weight is 318 g/mol. The van der Waals surface area contributed by atoms with Crippen molar-refractivity contribution in [2.24, 2.45) is 0 Å². The van der Waals surface area contributed by atoms with Gasteiger partial charge in [-0.15, -0.1) is 0 Å². The van der Waals surface area contributed by atoms with Crippen LogP contribution < -0.4 is 5.32 Å². The summed E-state index contributed by atoms with van der Waals surface area (Å²) in [6.07, 6.45) is 1.38. The van der Waals surface area contributed by atoms with Gasteiger partial charge in [0.25, 0.3) is 0 Å². The van der Waals surface area contributed by atoms with Gasteiger partial charge in [-0.05, 0) is 18.2 Å². The number of methoxy groups -OCH3 is 1. The zero-order chi connectivity index (χ0) is 14.7. The molecule has 2 rings (SSSR count). The number of ether oxygens (including phenoxy) is 1. The van der Waals surface area contributed by atoms with Crippen LogP contribution in [0.1, 0.15) is 16.1 Å². The summed E-state index contributed by atoms with van der Waals surface area (Å²) < 4.78 is 22.9. The molecule has 0 saturated carbocycles. The van der Waals surface area contributed by atoms with Crippen LogP contribution in [0.3, 0.4) is 0 Å². The van der Waals surface area contributed by atoms with Crippen molar-refractivity contribution in [1.82, 2.24) is 0 Å². The van der Waals surface area contributed by atoms with E-state index < -0.39 is 11.8 Å². The Kier molecular flexibility index (Phi) is 4.52. The second-order valence-corrected chi connectivity index (χ2v) is 4.69. The molecular weight excluding hydrogens is 308 g/mol. The number of hydrogen-bond donors (Lipinski definition) is 1. The SMILES string of the molecule is COC(=O)c1occc1CNc1cc(Cl)c(F)c(Cl)c1. The first-order chi connectivity index (χ1) is 9.52. The third-order valence-corrected chi connectivity index (χ3v) is 3.13. The lowest BCUT2D eigenvalue weighted by Gasteiger charge is -2.08. The number of furan rings is 1. The third-order valence-electron chi connectivity index (χ3n) is 2.58. The molecule has 0 atom stereocenters. The summed E-state index contributed by atoms with van der Waals surface area (Å²) in [4.78, 5) is 11.4. The molecule has 0 aliphatic heterocycles. The molecule has 20 heavy (non-hydrogen) atoms. The maximum absolute atomic E-state index is 13.3. The normalized spacial score (nSPS) is 10.4. The summed E-state index contributed by atoms with van der Waals surface area (Å²) in [6, 6.07) is 4.44. The van der Waals surface area contributed by atoms with Crippen LogP contribution in [0.4, 0.5) is 10.1 Å². The number of nitrogens with one attached hydrogen (secondary N) is 1. The zero-order valence-corrected chi connectivity index (χ0v) is 11.9. The minimum atomic E-state index is -0.669. The van der Waals surface area contributed by atoms with Crippen molar-refractivity contribution in [2.75, 3.05) is 12.4 Å². The quantitative estimate of drug-likeness (QED) is 0.680. The average Bonchev–Trinajstić information content (AvgIpc) is 2.89. The third kappa shape index (κ3) is 3.05. The van der Waals surface area contributed by atoms with Crippen molar-refractivity contribution in [3.8, 4) is 0 Å². The molecule has 106 valence electrons. The number of halogens is 3. The van der Waals surface area contributed by atoms with Gasteiger partial charge in [0, 0.05) is 17.8 Å². The minimum absolute atomic E-state index is 0.0830. The molecule has 0 radical (unpaired) electrons. The summed E-state index contributed by atoms with van der Waals surface area (Å²) in [5.41, 5.74) is 1.13. The Morgan fingerprint density at radius 2 is 2.05 bits per heavy atom. The number of esters is 1. The Labute approximate surface area is 124 Å². The van der Waals surface area contributed by atoms with Crippen LogP contribution >= 0.6 is 23.2 Å². The van der Waals surface area contributed by atoms with Gasteiger partial charge in [-0.1, -0.05) is 23.2 Å². The van der Waals surface area contributed by atoms with Crippen LogP contribution in [0.2, 0.25) is 10.0 Å². The lowest BCUT2D eigenvalue weighted by atomic mass is 10.2. The van der Waals surface area contributed by atoms with Crippen LogP contribution in [0.25, 0.3) is 0 Å². The van der Waals surface area contributed by atoms with Crippen LogP contribution in [0.15, 0.2) is 28.9 Å². The molecule has 0 fully saturated rings. The van der Waals surface area contributed by atoms with E-state index in [1.165, 1.54) is 25.5 Å². The molecule has 4 nitrogen and oxygen atoms in total. The fourth-order valence-corrected chi connectivity index (χ4v) is 2.09. The Hall–Kier alpha value is -1.72. The summed E-state index contributed by atoms with van der Waals surface area (Å²) in [5, 5.41) is 2.81. The first-order valence-electron chi connectivity index (χ1n) is 5.56. The summed E-state index contributed by atoms with van der Waals surface area (Å²) >= 11 is 11.4. The highest BCUT2D eigenvalue weighted by Gasteiger charge is 2.15. The van der Waals surface area contributed by atoms with Gasteiger partial charge in [-0.2, -0.15) is 0 Å². The number of anilines is 1. The lowest BCUT2D eigenvalue weighted by molar-refractivity contribution is 0.0563. The highest BCUT2D eigenvalue weighted by atomic mass is 35.5. The van der Waals surface area contributed by atoms with E-state index >= 15 is 0 Å². The summed E-state index contributed by atoms with van der Waals surface area (Å²) in [7, 11) is 1.27. The monoisotopic (exact) mass is 317 g/mol. The molecule has 1 aromatic carbocycles. The van der Waals surface area contributed by atoms with Gasteiger partial charge in [-0.3, -0.25) is 0 Å². The zero-order valence-electron chi connectivity index (χ0n) is 10.4. The standard InChI is InChI=1S/C13H10Cl2FNO3/c1-19-13(18)12-7(2-3-20-12)6-17-8-4-9(14)11(16)10(15)5-8/h2-5,17H,6H2,1H3. The van der Waals surface area contributed by atoms with Crippen molar-refractivity contribution >= 4 is 34.9 Å². The first-order valence-corrected chi connectivity index (χ1v) is 6.31. The minimum Gasteiger partial charge on any atom is -0.463 e. The highest BCUT2D eigenvalue weighted by Crippen LogP contribution is 2.27. The molecule has 1 aromatic heterocycles. The predicted molar refractivity (Wildman–Crippen MR) is 73.8 cm³/mol. The molecule has 0 saturated heterocycles. The van der Waals surface area contributed by atoms with Gasteiger partial charge < -0.3 is 14.5 Å². The molecule has 0 unspecified atom stereocenters. The van der Waals surface area contributed by atoms with Crippen molar-refractivity contribution in [2.45, 2.75) is 6.54 Å². The molecule has 2 aromatic rings. The van der Waals surface area contributed by atoms with Crippen LogP contribution in [-0.2, 0) is 11.3 Å². The van der Waals surface area contributed by atoms with E-state index in [4.69, 9.17) is 27.6 Å². The Morgan fingerprint density at radius 3 is 2.65 bits per heavy atom. The lowest BCUT2D eigenvalue weighted by Crippen LogP contribution is -2.07. The van der Waals surface area contributed by atoms with Crippen LogP contribution in [-0.4, -0.2) is 13.1 Å². The first kappa shape index (κ1) is 14.7. The number of benzene rings is 1. The highest BCUT2D eigenvalue weighted by molar-refractivity contribution is 6.35. The molecule has 7 heteroatoms. The maximum atomic E-state index is 13.3. The molecule has 0 amide bonds. The Bertz CT molecular complexity index is 619. The molecule has 1 heterocycles. The molecule has 0 aliphatic carbocycles. The van der Waals surface area contributed by atoms with Gasteiger partial charge in [-0.25, -0.2) is 9.18 Å². The number of carbonyl (C=O) groups is 1. The molecule has 1 N–H and O–H groups in total. The van der Waals surface area contributed by atoms with Crippen molar-refractivity contribution < 1.29 is 18.3 Å². The maximum Gasteiger partial charge on any atom is 0.374 e. The second-order valence-electron chi connectivity index (χ2n) is 3.87. The largest absolute Gasteiger partial charge is 0.463 e. The van der Waals surface area contributed by atoms with E-state index in [1.807, 2.05) is 0 Å². The van der Waals surface area contributed by atoms with Gasteiger partial charge in [0.15, 0.2) is 5.82 Å². The van der Waals surface area contributed by atoms with E-state index in [-0.39, 0.29) is 22.4 Å². The van der Waals surface area contributed by atoms with E-state index in [0.29, 0.717) is 11.3 Å². The van der Waals surface area contributed by atoms with Gasteiger partial charge in [0.1, 0.15) is 0 Å². The molecule has 0 spiro atoms. The van der Waals surface area contributed by atoms with E-state index in [2.05, 4.69) is 10.1 Å². The van der Waals surface area contributed by atoms with Crippen molar-refractivity contribution in [1.29, 1.82) is 0 Å². The molecule has 0 bridgehead atoms. The van der Waals surface area contributed by atoms with Gasteiger partial charge in [0.2, 0.25) is 5.76 Å². The van der Waals surface area contributed by atoms with E-state index in [1.54, 1.807) is 6.07 Å². The fourth-order valence-electron chi connectivity index (χ4n) is 1.60. The van der Waals surface area contributed by atoms with Gasteiger partial charge in [0.05, 0.1) is 23.4 Å². The molecular formula is C13H10Cl2FNO3. The van der Waals surface area contributed by atoms with Crippen LogP contribution in [0, 0.1) is 5.82 Å². The number of carbonyl (C=O) groups excluding carboxylic acids is 1. The van der Waals surface area contributed by atoms with E-state index in [9.17, 15) is 9.18 Å².